The van der Waals surface area contributed by atoms with Crippen LogP contribution in [0.3, 0.4) is 0 Å². The van der Waals surface area contributed by atoms with E-state index in [1.165, 1.54) is 4.90 Å². The van der Waals surface area contributed by atoms with E-state index in [4.69, 9.17) is 0 Å². The summed E-state index contributed by atoms with van der Waals surface area (Å²) in [5.74, 6) is 0.145. The Balaban J connectivity index is 1.73. The molecule has 5 nitrogen and oxygen atoms in total. The van der Waals surface area contributed by atoms with Crippen LogP contribution in [0.1, 0.15) is 26.5 Å². The van der Waals surface area contributed by atoms with Crippen LogP contribution < -0.4 is 0 Å². The zero-order valence-corrected chi connectivity index (χ0v) is 11.1. The Morgan fingerprint density at radius 3 is 2.29 bits per heavy atom. The van der Waals surface area contributed by atoms with Crippen LogP contribution in [-0.4, -0.2) is 26.1 Å². The summed E-state index contributed by atoms with van der Waals surface area (Å²) in [5.41, 5.74) is 1.86. The van der Waals surface area contributed by atoms with Crippen LogP contribution in [0.2, 0.25) is 0 Å². The van der Waals surface area contributed by atoms with Gasteiger partial charge in [0.1, 0.15) is 5.82 Å². The van der Waals surface area contributed by atoms with E-state index in [1.807, 2.05) is 28.8 Å². The number of pyridine rings is 1. The third-order valence-corrected chi connectivity index (χ3v) is 3.69. The van der Waals surface area contributed by atoms with Crippen molar-refractivity contribution < 1.29 is 9.59 Å². The van der Waals surface area contributed by atoms with E-state index in [2.05, 4.69) is 4.98 Å². The zero-order chi connectivity index (χ0) is 14.4. The topological polar surface area (TPSA) is 54.7 Å². The van der Waals surface area contributed by atoms with Crippen LogP contribution in [0.4, 0.5) is 0 Å². The fraction of sp³-hybridized carbons (Fsp3) is 0.0625. The third kappa shape index (κ3) is 1.67. The maximum atomic E-state index is 12.3. The summed E-state index contributed by atoms with van der Waals surface area (Å²) in [4.78, 5) is 30.2. The highest BCUT2D eigenvalue weighted by atomic mass is 16.2. The van der Waals surface area contributed by atoms with Crippen LogP contribution in [0.15, 0.2) is 54.9 Å². The monoisotopic (exact) mass is 277 g/mol. The van der Waals surface area contributed by atoms with Gasteiger partial charge < -0.3 is 4.40 Å². The molecule has 2 amide bonds. The molecule has 2 aromatic heterocycles. The molecule has 102 valence electrons. The van der Waals surface area contributed by atoms with E-state index >= 15 is 0 Å². The molecule has 1 aromatic carbocycles. The Labute approximate surface area is 120 Å². The van der Waals surface area contributed by atoms with Crippen LogP contribution in [0, 0.1) is 0 Å². The number of carbonyl (C=O) groups is 2. The minimum Gasteiger partial charge on any atom is -0.302 e. The number of hydrogen-bond donors (Lipinski definition) is 0. The second-order valence-corrected chi connectivity index (χ2v) is 4.91. The summed E-state index contributed by atoms with van der Waals surface area (Å²) < 4.78 is 1.88. The molecule has 0 aliphatic carbocycles. The molecular formula is C16H11N3O2. The zero-order valence-electron chi connectivity index (χ0n) is 11.1. The van der Waals surface area contributed by atoms with Gasteiger partial charge >= 0.3 is 0 Å². The van der Waals surface area contributed by atoms with Gasteiger partial charge in [-0.1, -0.05) is 18.2 Å². The maximum absolute atomic E-state index is 12.3. The van der Waals surface area contributed by atoms with Gasteiger partial charge in [0.25, 0.3) is 11.8 Å². The summed E-state index contributed by atoms with van der Waals surface area (Å²) >= 11 is 0. The quantitative estimate of drug-likeness (QED) is 0.674. The SMILES string of the molecule is O=C1c2ccccc2C(=O)N1Cc1ncc2ccccn12. The van der Waals surface area contributed by atoms with Gasteiger partial charge in [0, 0.05) is 6.20 Å². The number of fused-ring (bicyclic) bond motifs is 2. The van der Waals surface area contributed by atoms with Crippen LogP contribution in [-0.2, 0) is 6.54 Å². The first kappa shape index (κ1) is 11.8. The van der Waals surface area contributed by atoms with Crippen molar-refractivity contribution in [2.24, 2.45) is 0 Å². The number of carbonyl (C=O) groups excluding carboxylic acids is 2. The largest absolute Gasteiger partial charge is 0.302 e. The minimum atomic E-state index is -0.261. The van der Waals surface area contributed by atoms with Crippen molar-refractivity contribution in [2.75, 3.05) is 0 Å². The molecule has 1 aliphatic heterocycles. The predicted molar refractivity (Wildman–Crippen MR) is 75.8 cm³/mol. The molecule has 0 N–H and O–H groups in total. The average Bonchev–Trinajstić information content (AvgIpc) is 3.04. The minimum absolute atomic E-state index is 0.171. The van der Waals surface area contributed by atoms with Crippen molar-refractivity contribution in [3.63, 3.8) is 0 Å². The van der Waals surface area contributed by atoms with Crippen molar-refractivity contribution in [2.45, 2.75) is 6.54 Å². The van der Waals surface area contributed by atoms with Gasteiger partial charge in [0.15, 0.2) is 0 Å². The molecule has 0 spiro atoms. The molecule has 3 aromatic rings. The first-order valence-electron chi connectivity index (χ1n) is 6.62. The van der Waals surface area contributed by atoms with Crippen molar-refractivity contribution in [3.8, 4) is 0 Å². The first-order valence-corrected chi connectivity index (χ1v) is 6.62. The highest BCUT2D eigenvalue weighted by Crippen LogP contribution is 2.24. The van der Waals surface area contributed by atoms with Crippen LogP contribution >= 0.6 is 0 Å². The molecule has 5 heteroatoms. The molecule has 3 heterocycles. The van der Waals surface area contributed by atoms with Crippen molar-refractivity contribution >= 4 is 17.3 Å². The Hall–Kier alpha value is -2.95. The molecule has 0 atom stereocenters. The summed E-state index contributed by atoms with van der Waals surface area (Å²) in [5, 5.41) is 0. The summed E-state index contributed by atoms with van der Waals surface area (Å²) in [6, 6.07) is 12.6. The number of benzene rings is 1. The summed E-state index contributed by atoms with van der Waals surface area (Å²) in [7, 11) is 0. The lowest BCUT2D eigenvalue weighted by atomic mass is 10.1. The standard InChI is InChI=1S/C16H11N3O2/c20-15-12-6-1-2-7-13(12)16(21)19(15)10-14-17-9-11-5-3-4-8-18(11)14/h1-9H,10H2. The lowest BCUT2D eigenvalue weighted by Crippen LogP contribution is -2.30. The second-order valence-electron chi connectivity index (χ2n) is 4.91. The van der Waals surface area contributed by atoms with E-state index < -0.39 is 0 Å². The Bertz CT molecular complexity index is 847. The predicted octanol–water partition coefficient (Wildman–Crippen LogP) is 2.13. The fourth-order valence-corrected chi connectivity index (χ4v) is 2.64. The number of amides is 2. The van der Waals surface area contributed by atoms with Gasteiger partial charge in [-0.15, -0.1) is 0 Å². The number of aromatic nitrogens is 2. The number of hydrogen-bond acceptors (Lipinski definition) is 3. The first-order chi connectivity index (χ1) is 10.3. The third-order valence-electron chi connectivity index (χ3n) is 3.69. The Kier molecular flexibility index (Phi) is 2.41. The van der Waals surface area contributed by atoms with Crippen LogP contribution in [0.25, 0.3) is 5.52 Å². The van der Waals surface area contributed by atoms with Gasteiger partial charge in [0.2, 0.25) is 0 Å². The Morgan fingerprint density at radius 1 is 0.905 bits per heavy atom. The number of imidazole rings is 1. The average molecular weight is 277 g/mol. The molecular weight excluding hydrogens is 266 g/mol. The van der Waals surface area contributed by atoms with Gasteiger partial charge in [-0.2, -0.15) is 0 Å². The van der Waals surface area contributed by atoms with E-state index in [-0.39, 0.29) is 18.4 Å². The van der Waals surface area contributed by atoms with Gasteiger partial charge in [-0.05, 0) is 24.3 Å². The molecule has 1 aliphatic rings. The summed E-state index contributed by atoms with van der Waals surface area (Å²) in [6.07, 6.45) is 3.60. The van der Waals surface area contributed by atoms with E-state index in [0.29, 0.717) is 17.0 Å². The van der Waals surface area contributed by atoms with E-state index in [0.717, 1.165) is 5.52 Å². The fourth-order valence-electron chi connectivity index (χ4n) is 2.64. The van der Waals surface area contributed by atoms with Crippen molar-refractivity contribution in [1.82, 2.24) is 14.3 Å². The van der Waals surface area contributed by atoms with Gasteiger partial charge in [-0.3, -0.25) is 14.5 Å². The van der Waals surface area contributed by atoms with E-state index in [9.17, 15) is 9.59 Å². The molecule has 0 bridgehead atoms. The van der Waals surface area contributed by atoms with Gasteiger partial charge in [0.05, 0.1) is 29.4 Å². The smallest absolute Gasteiger partial charge is 0.261 e. The molecule has 4 rings (SSSR count). The molecule has 0 fully saturated rings. The Morgan fingerprint density at radius 2 is 1.57 bits per heavy atom. The van der Waals surface area contributed by atoms with Crippen molar-refractivity contribution in [1.29, 1.82) is 0 Å². The van der Waals surface area contributed by atoms with Crippen molar-refractivity contribution in [3.05, 3.63) is 71.8 Å². The van der Waals surface area contributed by atoms with Crippen LogP contribution in [0.5, 0.6) is 0 Å². The molecule has 0 radical (unpaired) electrons. The molecule has 21 heavy (non-hydrogen) atoms. The van der Waals surface area contributed by atoms with E-state index in [1.54, 1.807) is 30.5 Å². The maximum Gasteiger partial charge on any atom is 0.261 e. The highest BCUT2D eigenvalue weighted by Gasteiger charge is 2.35. The lowest BCUT2D eigenvalue weighted by Gasteiger charge is -2.12. The second kappa shape index (κ2) is 4.28. The molecule has 0 unspecified atom stereocenters. The number of nitrogens with zero attached hydrogens (tertiary/aromatic N) is 3. The molecule has 0 saturated heterocycles. The molecule has 0 saturated carbocycles. The number of imide groups is 1. The normalized spacial score (nSPS) is 14.0. The highest BCUT2D eigenvalue weighted by molar-refractivity contribution is 6.21. The lowest BCUT2D eigenvalue weighted by molar-refractivity contribution is 0.0638. The number of rotatable bonds is 2. The summed E-state index contributed by atoms with van der Waals surface area (Å²) in [6.45, 7) is 0.171. The van der Waals surface area contributed by atoms with Gasteiger partial charge in [-0.25, -0.2) is 4.98 Å².